The standard InChI is InChI=1S/C31H18Cl4N4O4S3.O3S/c32-16-1-3-25(21(34)10-16)38-28-19(7-14-5-6-44-30(14)28)23(36-38)12-18(40)13-24-20-8-15-9-27(46(41,42)43)45-31(15)29(20)39(37-24)26-4-2-17(33)11-22(26)35;1-4(2)3/h1-6,9-11H,7-8,12-13H2,(H,41,42,43);. The molecule has 0 fully saturated rings. The van der Waals surface area contributed by atoms with Crippen molar-refractivity contribution in [3.05, 3.63) is 108 Å². The van der Waals surface area contributed by atoms with Crippen molar-refractivity contribution in [3.8, 4) is 32.5 Å². The van der Waals surface area contributed by atoms with Gasteiger partial charge < -0.3 is 0 Å². The average Bonchev–Trinajstić information content (AvgIpc) is 3.83. The number of carbonyl (C=O) groups excluding carboxylic acids is 1. The van der Waals surface area contributed by atoms with E-state index in [0.717, 1.165) is 38.6 Å². The van der Waals surface area contributed by atoms with E-state index in [4.69, 9.17) is 69.2 Å². The van der Waals surface area contributed by atoms with Crippen molar-refractivity contribution in [1.82, 2.24) is 19.6 Å². The number of Topliss-reactive ketones (excluding diaryl/α,β-unsaturated/α-hetero) is 1. The third kappa shape index (κ3) is 6.46. The molecule has 0 radical (unpaired) electrons. The molecule has 11 nitrogen and oxygen atoms in total. The van der Waals surface area contributed by atoms with E-state index in [9.17, 15) is 17.8 Å². The van der Waals surface area contributed by atoms with Crippen molar-refractivity contribution < 1.29 is 30.4 Å². The second kappa shape index (κ2) is 13.3. The number of thiophene rings is 2. The summed E-state index contributed by atoms with van der Waals surface area (Å²) < 4.78 is 62.1. The Hall–Kier alpha value is -3.38. The van der Waals surface area contributed by atoms with Gasteiger partial charge in [-0.2, -0.15) is 18.6 Å². The average molecular weight is 829 g/mol. The van der Waals surface area contributed by atoms with Crippen molar-refractivity contribution >= 4 is 95.6 Å². The van der Waals surface area contributed by atoms with Crippen LogP contribution < -0.4 is 0 Å². The number of aromatic nitrogens is 4. The van der Waals surface area contributed by atoms with Crippen molar-refractivity contribution in [1.29, 1.82) is 0 Å². The van der Waals surface area contributed by atoms with Gasteiger partial charge in [-0.25, -0.2) is 9.36 Å². The van der Waals surface area contributed by atoms with Gasteiger partial charge in [0.15, 0.2) is 0 Å². The predicted octanol–water partition coefficient (Wildman–Crippen LogP) is 7.53. The van der Waals surface area contributed by atoms with Crippen LogP contribution in [-0.2, 0) is 51.2 Å². The molecule has 2 aromatic carbocycles. The first-order chi connectivity index (χ1) is 23.7. The Morgan fingerprint density at radius 3 is 1.78 bits per heavy atom. The number of ketones is 1. The maximum Gasteiger partial charge on any atom is 0.425 e. The minimum atomic E-state index is -4.40. The van der Waals surface area contributed by atoms with Crippen LogP contribution >= 0.6 is 69.1 Å². The Morgan fingerprint density at radius 1 is 0.780 bits per heavy atom. The largest absolute Gasteiger partial charge is 0.425 e. The van der Waals surface area contributed by atoms with Gasteiger partial charge in [0.05, 0.1) is 66.8 Å². The smallest absolute Gasteiger partial charge is 0.299 e. The number of hydrogen-bond acceptors (Lipinski definition) is 10. The lowest BCUT2D eigenvalue weighted by atomic mass is 10.0. The summed E-state index contributed by atoms with van der Waals surface area (Å²) in [6, 6.07) is 13.8. The van der Waals surface area contributed by atoms with Gasteiger partial charge in [-0.05, 0) is 65.0 Å². The van der Waals surface area contributed by atoms with E-state index in [0.29, 0.717) is 66.3 Å². The van der Waals surface area contributed by atoms with Gasteiger partial charge in [0, 0.05) is 34.0 Å². The molecule has 0 unspecified atom stereocenters. The van der Waals surface area contributed by atoms with Crippen molar-refractivity contribution in [2.24, 2.45) is 0 Å². The van der Waals surface area contributed by atoms with E-state index < -0.39 is 20.7 Å². The molecule has 2 aliphatic carbocycles. The van der Waals surface area contributed by atoms with Gasteiger partial charge in [-0.1, -0.05) is 46.4 Å². The Morgan fingerprint density at radius 2 is 1.28 bits per heavy atom. The van der Waals surface area contributed by atoms with Gasteiger partial charge in [0.25, 0.3) is 0 Å². The number of benzene rings is 2. The van der Waals surface area contributed by atoms with E-state index in [1.165, 1.54) is 11.6 Å². The van der Waals surface area contributed by atoms with Gasteiger partial charge >= 0.3 is 20.7 Å². The molecular weight excluding hydrogens is 810 g/mol. The van der Waals surface area contributed by atoms with E-state index in [-0.39, 0.29) is 22.8 Å². The first-order valence-electron chi connectivity index (χ1n) is 14.3. The molecule has 6 aromatic rings. The fourth-order valence-electron chi connectivity index (χ4n) is 6.13. The molecule has 4 heterocycles. The van der Waals surface area contributed by atoms with Crippen LogP contribution in [-0.4, -0.2) is 50.9 Å². The monoisotopic (exact) mass is 826 g/mol. The fourth-order valence-corrected chi connectivity index (χ4v) is 10.0. The number of hydrogen-bond donors (Lipinski definition) is 1. The number of fused-ring (bicyclic) bond motifs is 6. The second-order valence-corrected chi connectivity index (χ2v) is 16.9. The van der Waals surface area contributed by atoms with Gasteiger partial charge in [-0.3, -0.25) is 9.35 Å². The Bertz CT molecular complexity index is 2620. The van der Waals surface area contributed by atoms with E-state index in [2.05, 4.69) is 6.07 Å². The summed E-state index contributed by atoms with van der Waals surface area (Å²) in [5.74, 6) is -0.0894. The van der Waals surface area contributed by atoms with Crippen LogP contribution in [0.4, 0.5) is 0 Å². The molecule has 256 valence electrons. The van der Waals surface area contributed by atoms with E-state index in [1.54, 1.807) is 51.0 Å². The van der Waals surface area contributed by atoms with Gasteiger partial charge in [0.1, 0.15) is 9.99 Å². The van der Waals surface area contributed by atoms with Crippen molar-refractivity contribution in [2.75, 3.05) is 0 Å². The normalized spacial score (nSPS) is 12.6. The molecular formula is C31H18Cl4N4O7S4. The molecule has 0 saturated carbocycles. The Balaban J connectivity index is 0.000000932. The lowest BCUT2D eigenvalue weighted by Crippen LogP contribution is -2.11. The summed E-state index contributed by atoms with van der Waals surface area (Å²) in [7, 11) is -7.51. The third-order valence-electron chi connectivity index (χ3n) is 8.09. The summed E-state index contributed by atoms with van der Waals surface area (Å²) in [4.78, 5) is 15.5. The van der Waals surface area contributed by atoms with Crippen LogP contribution in [0.5, 0.6) is 0 Å². The van der Waals surface area contributed by atoms with Crippen molar-refractivity contribution in [2.45, 2.75) is 29.9 Å². The second-order valence-electron chi connectivity index (χ2n) is 11.2. The SMILES string of the molecule is O=C(Cc1nn(-c2ccc(Cl)cc2Cl)c2c1Cc1ccsc1-2)Cc1nn(-c2ccc(Cl)cc2Cl)c2c1Cc1cc(S(=O)(=O)O)sc1-2.O=S(=O)=O. The molecule has 0 spiro atoms. The number of halogens is 4. The molecule has 4 aromatic heterocycles. The summed E-state index contributed by atoms with van der Waals surface area (Å²) >= 11 is 28.1. The molecule has 19 heteroatoms. The highest BCUT2D eigenvalue weighted by Gasteiger charge is 2.35. The molecule has 0 atom stereocenters. The zero-order valence-corrected chi connectivity index (χ0v) is 31.1. The molecule has 1 N–H and O–H groups in total. The van der Waals surface area contributed by atoms with Crippen LogP contribution in [0.3, 0.4) is 0 Å². The highest BCUT2D eigenvalue weighted by atomic mass is 35.5. The summed E-state index contributed by atoms with van der Waals surface area (Å²) in [6.45, 7) is 0. The Kier molecular flexibility index (Phi) is 9.33. The summed E-state index contributed by atoms with van der Waals surface area (Å²) in [6.07, 6.45) is 1.11. The minimum Gasteiger partial charge on any atom is -0.299 e. The first kappa shape index (κ1) is 35.0. The molecule has 8 rings (SSSR count). The predicted molar refractivity (Wildman–Crippen MR) is 191 cm³/mol. The number of nitrogens with zero attached hydrogens (tertiary/aromatic N) is 4. The van der Waals surface area contributed by atoms with Gasteiger partial charge in [0.2, 0.25) is 0 Å². The van der Waals surface area contributed by atoms with Crippen LogP contribution in [0.15, 0.2) is 58.1 Å². The Labute approximate surface area is 313 Å². The highest BCUT2D eigenvalue weighted by Crippen LogP contribution is 2.47. The minimum absolute atomic E-state index is 0.0196. The topological polar surface area (TPSA) is 158 Å². The maximum atomic E-state index is 13.8. The first-order valence-corrected chi connectivity index (χ1v) is 19.9. The molecule has 0 aliphatic heterocycles. The fraction of sp³-hybridized carbons (Fsp3) is 0.129. The van der Waals surface area contributed by atoms with E-state index >= 15 is 0 Å². The van der Waals surface area contributed by atoms with Crippen LogP contribution in [0.1, 0.15) is 33.6 Å². The van der Waals surface area contributed by atoms with E-state index in [1.807, 2.05) is 11.4 Å². The molecule has 50 heavy (non-hydrogen) atoms. The van der Waals surface area contributed by atoms with Crippen LogP contribution in [0.25, 0.3) is 32.5 Å². The van der Waals surface area contributed by atoms with Gasteiger partial charge in [-0.15, -0.1) is 35.3 Å². The third-order valence-corrected chi connectivity index (χ3v) is 12.6. The van der Waals surface area contributed by atoms with Crippen molar-refractivity contribution in [3.63, 3.8) is 0 Å². The number of carbonyl (C=O) groups is 1. The summed E-state index contributed by atoms with van der Waals surface area (Å²) in [5.41, 5.74) is 7.68. The lowest BCUT2D eigenvalue weighted by Gasteiger charge is -2.08. The highest BCUT2D eigenvalue weighted by molar-refractivity contribution is 7.88. The molecule has 0 saturated heterocycles. The maximum absolute atomic E-state index is 13.8. The summed E-state index contributed by atoms with van der Waals surface area (Å²) in [5, 5.41) is 13.5. The zero-order chi connectivity index (χ0) is 35.6. The number of rotatable bonds is 7. The van der Waals surface area contributed by atoms with Crippen LogP contribution in [0, 0.1) is 0 Å². The molecule has 2 aliphatic rings. The zero-order valence-electron chi connectivity index (χ0n) is 24.9. The molecule has 0 amide bonds. The van der Waals surface area contributed by atoms with Crippen LogP contribution in [0.2, 0.25) is 20.1 Å². The molecule has 0 bridgehead atoms. The quantitative estimate of drug-likeness (QED) is 0.160. The lowest BCUT2D eigenvalue weighted by molar-refractivity contribution is -0.117.